The molecule has 1 aliphatic heterocycles. The second-order valence-corrected chi connectivity index (χ2v) is 6.31. The number of carboxylic acids is 1. The molecule has 0 amide bonds. The van der Waals surface area contributed by atoms with Crippen molar-refractivity contribution >= 4 is 29.5 Å². The zero-order chi connectivity index (χ0) is 18.6. The van der Waals surface area contributed by atoms with E-state index in [1.807, 2.05) is 37.3 Å². The van der Waals surface area contributed by atoms with Crippen LogP contribution in [0.5, 0.6) is 5.75 Å². The molecule has 2 aromatic rings. The number of benzene rings is 2. The van der Waals surface area contributed by atoms with Crippen LogP contribution in [0.1, 0.15) is 6.92 Å². The summed E-state index contributed by atoms with van der Waals surface area (Å²) in [6, 6.07) is 13.2. The molecule has 1 aliphatic rings. The van der Waals surface area contributed by atoms with Crippen LogP contribution >= 0.6 is 11.6 Å². The number of carboxylic acid groups (broad SMARTS) is 1. The third-order valence-corrected chi connectivity index (χ3v) is 4.41. The van der Waals surface area contributed by atoms with Gasteiger partial charge in [-0.25, -0.2) is 4.79 Å². The fourth-order valence-electron chi connectivity index (χ4n) is 2.76. The predicted molar refractivity (Wildman–Crippen MR) is 105 cm³/mol. The average molecular weight is 371 g/mol. The summed E-state index contributed by atoms with van der Waals surface area (Å²) >= 11 is 6.42. The molecule has 134 valence electrons. The Balaban J connectivity index is 1.88. The van der Waals surface area contributed by atoms with Gasteiger partial charge in [0.2, 0.25) is 0 Å². The number of rotatable bonds is 6. The van der Waals surface area contributed by atoms with Gasteiger partial charge in [-0.05, 0) is 54.5 Å². The summed E-state index contributed by atoms with van der Waals surface area (Å²) in [6.45, 7) is 2.64. The third kappa shape index (κ3) is 3.73. The van der Waals surface area contributed by atoms with Crippen molar-refractivity contribution < 1.29 is 14.6 Å². The first-order chi connectivity index (χ1) is 12.5. The number of dihydropyridines is 1. The highest BCUT2D eigenvalue weighted by molar-refractivity contribution is 6.33. The Hall–Kier alpha value is -2.79. The summed E-state index contributed by atoms with van der Waals surface area (Å²) < 4.78 is 5.53. The highest BCUT2D eigenvalue weighted by atomic mass is 35.5. The Labute approximate surface area is 157 Å². The summed E-state index contributed by atoms with van der Waals surface area (Å²) in [7, 11) is 0. The molecular formula is C20H19ClN2O3. The van der Waals surface area contributed by atoms with Gasteiger partial charge in [-0.2, -0.15) is 0 Å². The van der Waals surface area contributed by atoms with E-state index in [0.717, 1.165) is 16.9 Å². The largest absolute Gasteiger partial charge is 0.494 e. The van der Waals surface area contributed by atoms with Crippen molar-refractivity contribution in [2.45, 2.75) is 12.5 Å². The maximum Gasteiger partial charge on any atom is 0.335 e. The van der Waals surface area contributed by atoms with E-state index in [-0.39, 0.29) is 6.54 Å². The number of aliphatic carboxylic acids is 1. The number of hydrogen-bond acceptors (Lipinski definition) is 4. The molecule has 0 aromatic heterocycles. The first kappa shape index (κ1) is 18.0. The van der Waals surface area contributed by atoms with E-state index >= 15 is 0 Å². The minimum Gasteiger partial charge on any atom is -0.494 e. The Bertz CT molecular complexity index is 879. The number of anilines is 1. The second kappa shape index (κ2) is 7.62. The predicted octanol–water partition coefficient (Wildman–Crippen LogP) is 4.28. The lowest BCUT2D eigenvalue weighted by Gasteiger charge is -2.28. The van der Waals surface area contributed by atoms with Gasteiger partial charge in [-0.15, -0.1) is 0 Å². The molecule has 0 bridgehead atoms. The summed E-state index contributed by atoms with van der Waals surface area (Å²) in [5.41, 5.74) is 1.14. The van der Waals surface area contributed by atoms with E-state index in [0.29, 0.717) is 17.3 Å². The normalized spacial score (nSPS) is 18.5. The maximum absolute atomic E-state index is 11.7. The van der Waals surface area contributed by atoms with Crippen LogP contribution in [0.3, 0.4) is 0 Å². The van der Waals surface area contributed by atoms with E-state index in [4.69, 9.17) is 16.3 Å². The smallest absolute Gasteiger partial charge is 0.335 e. The second-order valence-electron chi connectivity index (χ2n) is 5.91. The minimum atomic E-state index is -1.30. The quantitative estimate of drug-likeness (QED) is 0.796. The van der Waals surface area contributed by atoms with E-state index in [9.17, 15) is 9.90 Å². The van der Waals surface area contributed by atoms with Gasteiger partial charge in [0, 0.05) is 6.21 Å². The molecule has 0 fully saturated rings. The molecule has 0 saturated heterocycles. The molecule has 0 aliphatic carbocycles. The van der Waals surface area contributed by atoms with Gasteiger partial charge in [0.25, 0.3) is 0 Å². The van der Waals surface area contributed by atoms with Crippen LogP contribution in [0.15, 0.2) is 59.6 Å². The highest BCUT2D eigenvalue weighted by Gasteiger charge is 2.37. The molecule has 2 N–H and O–H groups in total. The topological polar surface area (TPSA) is 70.9 Å². The van der Waals surface area contributed by atoms with Gasteiger partial charge in [-0.3, -0.25) is 4.99 Å². The number of carbonyl (C=O) groups is 1. The van der Waals surface area contributed by atoms with Crippen molar-refractivity contribution in [2.24, 2.45) is 4.99 Å². The number of hydrogen-bond donors (Lipinski definition) is 2. The number of aliphatic imine (C=N–C) groups is 1. The number of halogens is 1. The lowest BCUT2D eigenvalue weighted by atomic mass is 9.96. The molecule has 0 radical (unpaired) electrons. The van der Waals surface area contributed by atoms with Crippen LogP contribution in [0.4, 0.5) is 5.69 Å². The Morgan fingerprint density at radius 1 is 1.31 bits per heavy atom. The van der Waals surface area contributed by atoms with Crippen LogP contribution < -0.4 is 10.1 Å². The molecule has 26 heavy (non-hydrogen) atoms. The zero-order valence-electron chi connectivity index (χ0n) is 14.3. The van der Waals surface area contributed by atoms with Crippen molar-refractivity contribution in [3.8, 4) is 16.9 Å². The lowest BCUT2D eigenvalue weighted by Crippen LogP contribution is -2.48. The van der Waals surface area contributed by atoms with E-state index < -0.39 is 11.5 Å². The minimum absolute atomic E-state index is 0.104. The van der Waals surface area contributed by atoms with E-state index in [2.05, 4.69) is 10.3 Å². The van der Waals surface area contributed by atoms with Crippen LogP contribution in [-0.2, 0) is 4.79 Å². The van der Waals surface area contributed by atoms with E-state index in [1.165, 1.54) is 0 Å². The molecular weight excluding hydrogens is 352 g/mol. The molecule has 2 aromatic carbocycles. The van der Waals surface area contributed by atoms with Crippen molar-refractivity contribution in [3.05, 3.63) is 59.6 Å². The first-order valence-electron chi connectivity index (χ1n) is 8.26. The van der Waals surface area contributed by atoms with Crippen LogP contribution in [0.25, 0.3) is 11.1 Å². The van der Waals surface area contributed by atoms with Gasteiger partial charge in [0.05, 0.1) is 23.9 Å². The number of ether oxygens (including phenoxy) is 1. The van der Waals surface area contributed by atoms with Gasteiger partial charge in [-0.1, -0.05) is 29.8 Å². The number of nitrogens with zero attached hydrogens (tertiary/aromatic N) is 1. The highest BCUT2D eigenvalue weighted by Crippen LogP contribution is 2.32. The molecule has 1 atom stereocenters. The third-order valence-electron chi connectivity index (χ3n) is 4.10. The van der Waals surface area contributed by atoms with E-state index in [1.54, 1.807) is 30.5 Å². The Morgan fingerprint density at radius 3 is 2.77 bits per heavy atom. The van der Waals surface area contributed by atoms with Gasteiger partial charge < -0.3 is 15.2 Å². The van der Waals surface area contributed by atoms with Gasteiger partial charge in [0.1, 0.15) is 5.75 Å². The summed E-state index contributed by atoms with van der Waals surface area (Å²) in [5.74, 6) is -0.214. The SMILES string of the molecule is CCOc1cccc(-c2ccc(NC3(C(=O)O)C=CC=NC3)c(Cl)c2)c1. The van der Waals surface area contributed by atoms with Crippen molar-refractivity contribution in [3.63, 3.8) is 0 Å². The number of nitrogens with one attached hydrogen (secondary N) is 1. The maximum atomic E-state index is 11.7. The summed E-state index contributed by atoms with van der Waals surface area (Å²) in [6.07, 6.45) is 4.78. The molecule has 0 spiro atoms. The molecule has 6 heteroatoms. The van der Waals surface area contributed by atoms with Crippen LogP contribution in [-0.4, -0.2) is 36.0 Å². The summed E-state index contributed by atoms with van der Waals surface area (Å²) in [5, 5.41) is 13.1. The van der Waals surface area contributed by atoms with Crippen molar-refractivity contribution in [1.82, 2.24) is 0 Å². The molecule has 5 nitrogen and oxygen atoms in total. The first-order valence-corrected chi connectivity index (χ1v) is 8.64. The monoisotopic (exact) mass is 370 g/mol. The molecule has 0 saturated carbocycles. The fourth-order valence-corrected chi connectivity index (χ4v) is 2.99. The summed E-state index contributed by atoms with van der Waals surface area (Å²) in [4.78, 5) is 15.8. The Kier molecular flexibility index (Phi) is 5.28. The Morgan fingerprint density at radius 2 is 2.12 bits per heavy atom. The standard InChI is InChI=1S/C20H19ClN2O3/c1-2-26-16-6-3-5-14(11-16)15-7-8-18(17(21)12-15)23-20(19(24)25)9-4-10-22-13-20/h3-12,23H,2,13H2,1H3,(H,24,25). The molecule has 1 heterocycles. The lowest BCUT2D eigenvalue weighted by molar-refractivity contribution is -0.140. The molecule has 1 unspecified atom stereocenters. The van der Waals surface area contributed by atoms with Crippen molar-refractivity contribution in [1.29, 1.82) is 0 Å². The van der Waals surface area contributed by atoms with Crippen LogP contribution in [0.2, 0.25) is 5.02 Å². The number of allylic oxidation sites excluding steroid dienone is 1. The van der Waals surface area contributed by atoms with Gasteiger partial charge >= 0.3 is 5.97 Å². The molecule has 3 rings (SSSR count). The zero-order valence-corrected chi connectivity index (χ0v) is 15.0. The van der Waals surface area contributed by atoms with Gasteiger partial charge in [0.15, 0.2) is 5.54 Å². The van der Waals surface area contributed by atoms with Crippen LogP contribution in [0, 0.1) is 0 Å². The fraction of sp³-hybridized carbons (Fsp3) is 0.200. The average Bonchev–Trinajstić information content (AvgIpc) is 2.64. The van der Waals surface area contributed by atoms with Crippen molar-refractivity contribution in [2.75, 3.05) is 18.5 Å².